The summed E-state index contributed by atoms with van der Waals surface area (Å²) in [5.74, 6) is -1.37. The molecule has 2 N–H and O–H groups in total. The van der Waals surface area contributed by atoms with Crippen molar-refractivity contribution in [2.45, 2.75) is 44.8 Å². The highest BCUT2D eigenvalue weighted by Crippen LogP contribution is 2.44. The normalized spacial score (nSPS) is 13.4. The molecule has 2 aromatic rings. The van der Waals surface area contributed by atoms with Gasteiger partial charge in [0.05, 0.1) is 6.61 Å². The summed E-state index contributed by atoms with van der Waals surface area (Å²) in [5.41, 5.74) is 3.63. The third-order valence-corrected chi connectivity index (χ3v) is 5.28. The number of nitrogens with zero attached hydrogens (tertiary/aromatic N) is 1. The molecule has 1 aliphatic rings. The molecule has 0 unspecified atom stereocenters. The molecule has 0 spiro atoms. The Morgan fingerprint density at radius 2 is 1.59 bits per heavy atom. The molecule has 0 aliphatic heterocycles. The van der Waals surface area contributed by atoms with Gasteiger partial charge in [-0.1, -0.05) is 48.5 Å². The first-order valence-corrected chi connectivity index (χ1v) is 11.0. The number of alkyl carbamates (subject to hydrolysis) is 1. The summed E-state index contributed by atoms with van der Waals surface area (Å²) >= 11 is 0. The molecule has 0 bridgehead atoms. The average Bonchev–Trinajstić information content (AvgIpc) is 3.09. The number of fused-ring (bicyclic) bond motifs is 3. The van der Waals surface area contributed by atoms with Crippen molar-refractivity contribution in [2.24, 2.45) is 0 Å². The van der Waals surface area contributed by atoms with E-state index in [4.69, 9.17) is 14.3 Å². The summed E-state index contributed by atoms with van der Waals surface area (Å²) in [6.45, 7) is 5.10. The van der Waals surface area contributed by atoms with Gasteiger partial charge in [0.25, 0.3) is 0 Å². The minimum Gasteiger partial charge on any atom is -0.480 e. The fraction of sp³-hybridized carbons (Fsp3) is 0.400. The van der Waals surface area contributed by atoms with Crippen LogP contribution in [-0.4, -0.2) is 60.2 Å². The van der Waals surface area contributed by atoms with Crippen LogP contribution in [0.5, 0.6) is 0 Å². The van der Waals surface area contributed by atoms with Gasteiger partial charge in [-0.3, -0.25) is 4.84 Å². The summed E-state index contributed by atoms with van der Waals surface area (Å²) in [5, 5.41) is 12.7. The molecule has 0 radical (unpaired) electrons. The molecule has 182 valence electrons. The molecular formula is C25H30N2O7. The highest BCUT2D eigenvalue weighted by molar-refractivity contribution is 5.81. The maximum Gasteiger partial charge on any atom is 0.434 e. The van der Waals surface area contributed by atoms with Crippen molar-refractivity contribution in [3.8, 4) is 11.1 Å². The number of hydrogen-bond donors (Lipinski definition) is 2. The van der Waals surface area contributed by atoms with Crippen LogP contribution in [-0.2, 0) is 19.1 Å². The van der Waals surface area contributed by atoms with E-state index in [9.17, 15) is 19.5 Å². The van der Waals surface area contributed by atoms with Crippen LogP contribution in [0.25, 0.3) is 11.1 Å². The first-order chi connectivity index (χ1) is 16.1. The second-order valence-corrected chi connectivity index (χ2v) is 8.96. The Kier molecular flexibility index (Phi) is 7.78. The second-order valence-electron chi connectivity index (χ2n) is 8.96. The summed E-state index contributed by atoms with van der Waals surface area (Å²) in [4.78, 5) is 41.1. The lowest BCUT2D eigenvalue weighted by Crippen LogP contribution is -2.43. The summed E-state index contributed by atoms with van der Waals surface area (Å²) < 4.78 is 10.6. The Morgan fingerprint density at radius 3 is 2.12 bits per heavy atom. The monoisotopic (exact) mass is 470 g/mol. The van der Waals surface area contributed by atoms with Gasteiger partial charge in [0.2, 0.25) is 0 Å². The molecule has 1 atom stereocenters. The van der Waals surface area contributed by atoms with Crippen LogP contribution in [0.1, 0.15) is 44.2 Å². The number of aliphatic carboxylic acids is 1. The zero-order valence-electron chi connectivity index (χ0n) is 19.7. The van der Waals surface area contributed by atoms with Crippen LogP contribution >= 0.6 is 0 Å². The summed E-state index contributed by atoms with van der Waals surface area (Å²) in [7, 11) is 1.36. The Hall–Kier alpha value is -3.59. The topological polar surface area (TPSA) is 114 Å². The fourth-order valence-corrected chi connectivity index (χ4v) is 3.73. The number of ether oxygens (including phenoxy) is 2. The molecule has 3 rings (SSSR count). The zero-order chi connectivity index (χ0) is 24.9. The quantitative estimate of drug-likeness (QED) is 0.557. The van der Waals surface area contributed by atoms with E-state index < -0.39 is 29.8 Å². The van der Waals surface area contributed by atoms with Crippen molar-refractivity contribution in [1.29, 1.82) is 0 Å². The van der Waals surface area contributed by atoms with Gasteiger partial charge in [-0.25, -0.2) is 14.4 Å². The van der Waals surface area contributed by atoms with E-state index in [1.54, 1.807) is 20.8 Å². The van der Waals surface area contributed by atoms with Crippen molar-refractivity contribution < 1.29 is 33.8 Å². The number of benzene rings is 2. The third-order valence-electron chi connectivity index (χ3n) is 5.28. The summed E-state index contributed by atoms with van der Waals surface area (Å²) in [6.07, 6.45) is -1.62. The van der Waals surface area contributed by atoms with E-state index >= 15 is 0 Å². The van der Waals surface area contributed by atoms with Crippen LogP contribution in [0.4, 0.5) is 9.59 Å². The van der Waals surface area contributed by atoms with Gasteiger partial charge in [0.15, 0.2) is 0 Å². The number of amides is 2. The number of carboxylic acid groups (broad SMARTS) is 1. The molecule has 34 heavy (non-hydrogen) atoms. The van der Waals surface area contributed by atoms with Crippen molar-refractivity contribution >= 4 is 18.2 Å². The molecule has 0 saturated heterocycles. The molecule has 1 aliphatic carbocycles. The van der Waals surface area contributed by atoms with E-state index in [1.165, 1.54) is 7.05 Å². The van der Waals surface area contributed by atoms with Gasteiger partial charge in [0, 0.05) is 19.4 Å². The van der Waals surface area contributed by atoms with E-state index in [0.29, 0.717) is 0 Å². The first-order valence-electron chi connectivity index (χ1n) is 11.0. The van der Waals surface area contributed by atoms with E-state index in [-0.39, 0.29) is 25.6 Å². The van der Waals surface area contributed by atoms with Crippen molar-refractivity contribution in [2.75, 3.05) is 20.3 Å². The van der Waals surface area contributed by atoms with E-state index in [2.05, 4.69) is 5.32 Å². The largest absolute Gasteiger partial charge is 0.480 e. The molecule has 0 saturated carbocycles. The number of hydrogen-bond acceptors (Lipinski definition) is 6. The van der Waals surface area contributed by atoms with E-state index in [1.807, 2.05) is 48.5 Å². The number of rotatable bonds is 8. The lowest BCUT2D eigenvalue weighted by Gasteiger charge is -2.24. The highest BCUT2D eigenvalue weighted by atomic mass is 16.7. The number of carboxylic acids is 1. The van der Waals surface area contributed by atoms with Crippen molar-refractivity contribution in [3.63, 3.8) is 0 Å². The van der Waals surface area contributed by atoms with Gasteiger partial charge >= 0.3 is 18.2 Å². The summed E-state index contributed by atoms with van der Waals surface area (Å²) in [6, 6.07) is 14.6. The molecule has 0 fully saturated rings. The minimum absolute atomic E-state index is 0.0735. The van der Waals surface area contributed by atoms with Gasteiger partial charge in [-0.15, -0.1) is 0 Å². The lowest BCUT2D eigenvalue weighted by molar-refractivity contribution is -0.145. The minimum atomic E-state index is -1.25. The first kappa shape index (κ1) is 25.0. The number of hydroxylamine groups is 2. The van der Waals surface area contributed by atoms with Gasteiger partial charge < -0.3 is 19.9 Å². The maximum atomic E-state index is 12.4. The third kappa shape index (κ3) is 6.26. The maximum absolute atomic E-state index is 12.4. The number of carbonyl (C=O) groups excluding carboxylic acids is 2. The average molecular weight is 471 g/mol. The number of nitrogens with one attached hydrogen (secondary N) is 1. The Bertz CT molecular complexity index is 1000. The second kappa shape index (κ2) is 10.6. The van der Waals surface area contributed by atoms with Gasteiger partial charge in [-0.05, 0) is 43.0 Å². The highest BCUT2D eigenvalue weighted by Gasteiger charge is 2.30. The molecule has 9 nitrogen and oxygen atoms in total. The van der Waals surface area contributed by atoms with Crippen LogP contribution in [0.15, 0.2) is 48.5 Å². The van der Waals surface area contributed by atoms with Crippen molar-refractivity contribution in [3.05, 3.63) is 59.7 Å². The van der Waals surface area contributed by atoms with Crippen LogP contribution in [0.2, 0.25) is 0 Å². The molecule has 0 heterocycles. The molecule has 2 aromatic carbocycles. The van der Waals surface area contributed by atoms with Gasteiger partial charge in [0.1, 0.15) is 18.2 Å². The van der Waals surface area contributed by atoms with E-state index in [0.717, 1.165) is 27.3 Å². The standard InChI is InChI=1S/C25H30N2O7/c1-25(2,3)34-24(31)27(4)33-14-13-21(22(28)29)26-23(30)32-15-20-18-11-7-5-9-16(18)17-10-6-8-12-19(17)20/h5-12,20-21H,13-15H2,1-4H3,(H,26,30)(H,28,29)/t21-/m0/s1. The predicted molar refractivity (Wildman–Crippen MR) is 124 cm³/mol. The van der Waals surface area contributed by atoms with Crippen LogP contribution < -0.4 is 5.32 Å². The Morgan fingerprint density at radius 1 is 1.03 bits per heavy atom. The number of carbonyl (C=O) groups is 3. The molecule has 9 heteroatoms. The van der Waals surface area contributed by atoms with Gasteiger partial charge in [-0.2, -0.15) is 5.06 Å². The Balaban J connectivity index is 1.52. The fourth-order valence-electron chi connectivity index (χ4n) is 3.73. The molecule has 0 aromatic heterocycles. The SMILES string of the molecule is CN(OCC[C@H](NC(=O)OCC1c2ccccc2-c2ccccc21)C(=O)O)C(=O)OC(C)(C)C. The molecule has 2 amide bonds. The molecular weight excluding hydrogens is 440 g/mol. The van der Waals surface area contributed by atoms with Crippen molar-refractivity contribution in [1.82, 2.24) is 10.4 Å². The van der Waals surface area contributed by atoms with Crippen LogP contribution in [0.3, 0.4) is 0 Å². The lowest BCUT2D eigenvalue weighted by atomic mass is 9.98. The smallest absolute Gasteiger partial charge is 0.434 e. The predicted octanol–water partition coefficient (Wildman–Crippen LogP) is 4.17. The zero-order valence-corrected chi connectivity index (χ0v) is 19.7. The van der Waals surface area contributed by atoms with Crippen LogP contribution in [0, 0.1) is 0 Å². The Labute approximate surface area is 198 Å².